The summed E-state index contributed by atoms with van der Waals surface area (Å²) in [6.45, 7) is 6.06. The number of hydrogen-bond donors (Lipinski definition) is 1. The average molecular weight is 295 g/mol. The van der Waals surface area contributed by atoms with Gasteiger partial charge in [-0.15, -0.1) is 10.2 Å². The molecule has 0 fully saturated rings. The van der Waals surface area contributed by atoms with E-state index >= 15 is 0 Å². The summed E-state index contributed by atoms with van der Waals surface area (Å²) >= 11 is 6.22. The lowest BCUT2D eigenvalue weighted by molar-refractivity contribution is 0.291. The molecule has 1 heterocycles. The molecule has 0 radical (unpaired) electrons. The molecule has 0 bridgehead atoms. The van der Waals surface area contributed by atoms with Gasteiger partial charge < -0.3 is 14.6 Å². The number of rotatable bonds is 6. The molecule has 0 saturated carbocycles. The number of ether oxygens (including phenoxy) is 1. The Morgan fingerprint density at radius 2 is 2.15 bits per heavy atom. The van der Waals surface area contributed by atoms with Gasteiger partial charge in [0.1, 0.15) is 18.2 Å². The van der Waals surface area contributed by atoms with Gasteiger partial charge in [-0.1, -0.05) is 24.6 Å². The SMILES string of the molecule is CCNCc1ccc(OCc2nnc(C)n2C)c(Cl)c1. The van der Waals surface area contributed by atoms with E-state index in [1.54, 1.807) is 0 Å². The van der Waals surface area contributed by atoms with Crippen LogP contribution in [0, 0.1) is 6.92 Å². The van der Waals surface area contributed by atoms with Crippen LogP contribution < -0.4 is 10.1 Å². The molecule has 0 atom stereocenters. The molecule has 1 aromatic heterocycles. The summed E-state index contributed by atoms with van der Waals surface area (Å²) in [6, 6.07) is 5.81. The Hall–Kier alpha value is -1.59. The topological polar surface area (TPSA) is 52.0 Å². The van der Waals surface area contributed by atoms with Crippen LogP contribution in [0.25, 0.3) is 0 Å². The van der Waals surface area contributed by atoms with Gasteiger partial charge >= 0.3 is 0 Å². The van der Waals surface area contributed by atoms with Crippen molar-refractivity contribution in [3.8, 4) is 5.75 Å². The van der Waals surface area contributed by atoms with E-state index in [0.717, 1.165) is 30.3 Å². The highest BCUT2D eigenvalue weighted by atomic mass is 35.5. The summed E-state index contributed by atoms with van der Waals surface area (Å²) in [7, 11) is 1.91. The van der Waals surface area contributed by atoms with Crippen molar-refractivity contribution < 1.29 is 4.74 Å². The molecular formula is C14H19ClN4O. The average Bonchev–Trinajstić information content (AvgIpc) is 2.76. The van der Waals surface area contributed by atoms with Gasteiger partial charge in [-0.2, -0.15) is 0 Å². The van der Waals surface area contributed by atoms with E-state index in [1.165, 1.54) is 0 Å². The molecule has 1 aromatic carbocycles. The van der Waals surface area contributed by atoms with Crippen LogP contribution in [-0.2, 0) is 20.2 Å². The zero-order valence-corrected chi connectivity index (χ0v) is 12.7. The van der Waals surface area contributed by atoms with Crippen LogP contribution in [0.4, 0.5) is 0 Å². The molecule has 2 aromatic rings. The van der Waals surface area contributed by atoms with Crippen LogP contribution in [0.15, 0.2) is 18.2 Å². The lowest BCUT2D eigenvalue weighted by Crippen LogP contribution is -2.11. The molecule has 108 valence electrons. The van der Waals surface area contributed by atoms with Crippen molar-refractivity contribution >= 4 is 11.6 Å². The number of halogens is 1. The molecule has 0 spiro atoms. The molecule has 2 rings (SSSR count). The Morgan fingerprint density at radius 3 is 2.75 bits per heavy atom. The van der Waals surface area contributed by atoms with E-state index in [9.17, 15) is 0 Å². The Morgan fingerprint density at radius 1 is 1.35 bits per heavy atom. The van der Waals surface area contributed by atoms with Crippen LogP contribution in [0.2, 0.25) is 5.02 Å². The Bertz CT molecular complexity index is 583. The van der Waals surface area contributed by atoms with Crippen molar-refractivity contribution in [2.45, 2.75) is 27.0 Å². The van der Waals surface area contributed by atoms with Gasteiger partial charge in [0.2, 0.25) is 0 Å². The first kappa shape index (κ1) is 14.8. The molecule has 1 N–H and O–H groups in total. The minimum absolute atomic E-state index is 0.351. The number of aromatic nitrogens is 3. The first-order valence-electron chi connectivity index (χ1n) is 6.58. The molecule has 0 amide bonds. The zero-order valence-electron chi connectivity index (χ0n) is 12.0. The van der Waals surface area contributed by atoms with Gasteiger partial charge in [0.05, 0.1) is 5.02 Å². The summed E-state index contributed by atoms with van der Waals surface area (Å²) in [5.41, 5.74) is 1.14. The van der Waals surface area contributed by atoms with Crippen LogP contribution in [-0.4, -0.2) is 21.3 Å². The quantitative estimate of drug-likeness (QED) is 0.889. The van der Waals surface area contributed by atoms with Gasteiger partial charge in [0.25, 0.3) is 0 Å². The summed E-state index contributed by atoms with van der Waals surface area (Å²) in [5.74, 6) is 2.29. The van der Waals surface area contributed by atoms with Crippen molar-refractivity contribution in [1.82, 2.24) is 20.1 Å². The highest BCUT2D eigenvalue weighted by molar-refractivity contribution is 6.32. The molecular weight excluding hydrogens is 276 g/mol. The third kappa shape index (κ3) is 3.49. The number of benzene rings is 1. The first-order chi connectivity index (χ1) is 9.61. The highest BCUT2D eigenvalue weighted by Crippen LogP contribution is 2.26. The van der Waals surface area contributed by atoms with Gasteiger partial charge in [-0.05, 0) is 31.2 Å². The van der Waals surface area contributed by atoms with Crippen LogP contribution in [0.1, 0.15) is 24.1 Å². The predicted molar refractivity (Wildman–Crippen MR) is 78.9 cm³/mol. The molecule has 0 unspecified atom stereocenters. The molecule has 0 saturated heterocycles. The van der Waals surface area contributed by atoms with Crippen molar-refractivity contribution in [3.63, 3.8) is 0 Å². The second kappa shape index (κ2) is 6.72. The number of nitrogens with zero attached hydrogens (tertiary/aromatic N) is 3. The first-order valence-corrected chi connectivity index (χ1v) is 6.96. The lowest BCUT2D eigenvalue weighted by Gasteiger charge is -2.09. The smallest absolute Gasteiger partial charge is 0.170 e. The maximum atomic E-state index is 6.22. The minimum Gasteiger partial charge on any atom is -0.484 e. The van der Waals surface area contributed by atoms with E-state index in [1.807, 2.05) is 36.7 Å². The van der Waals surface area contributed by atoms with E-state index < -0.39 is 0 Å². The Balaban J connectivity index is 2.01. The third-order valence-electron chi connectivity index (χ3n) is 3.11. The van der Waals surface area contributed by atoms with Crippen LogP contribution >= 0.6 is 11.6 Å². The molecule has 5 nitrogen and oxygen atoms in total. The second-order valence-corrected chi connectivity index (χ2v) is 4.96. The number of aryl methyl sites for hydroxylation is 1. The Kier molecular flexibility index (Phi) is 4.98. The van der Waals surface area contributed by atoms with E-state index in [4.69, 9.17) is 16.3 Å². The summed E-state index contributed by atoms with van der Waals surface area (Å²) in [5, 5.41) is 11.9. The van der Waals surface area contributed by atoms with Crippen LogP contribution in [0.3, 0.4) is 0 Å². The van der Waals surface area contributed by atoms with Gasteiger partial charge in [-0.25, -0.2) is 0 Å². The minimum atomic E-state index is 0.351. The van der Waals surface area contributed by atoms with Gasteiger partial charge in [0, 0.05) is 13.6 Å². The Labute approximate surface area is 123 Å². The maximum absolute atomic E-state index is 6.22. The summed E-state index contributed by atoms with van der Waals surface area (Å²) in [4.78, 5) is 0. The van der Waals surface area contributed by atoms with E-state index in [-0.39, 0.29) is 0 Å². The van der Waals surface area contributed by atoms with Gasteiger partial charge in [-0.3, -0.25) is 0 Å². The molecule has 6 heteroatoms. The lowest BCUT2D eigenvalue weighted by atomic mass is 10.2. The second-order valence-electron chi connectivity index (χ2n) is 4.56. The van der Waals surface area contributed by atoms with Crippen molar-refractivity contribution in [2.24, 2.45) is 7.05 Å². The maximum Gasteiger partial charge on any atom is 0.170 e. The van der Waals surface area contributed by atoms with Crippen molar-refractivity contribution in [3.05, 3.63) is 40.4 Å². The zero-order chi connectivity index (χ0) is 14.5. The standard InChI is InChI=1S/C14H19ClN4O/c1-4-16-8-11-5-6-13(12(15)7-11)20-9-14-18-17-10(2)19(14)3/h5-7,16H,4,8-9H2,1-3H3. The van der Waals surface area contributed by atoms with Gasteiger partial charge in [0.15, 0.2) is 5.82 Å². The fraction of sp³-hybridized carbons (Fsp3) is 0.429. The largest absolute Gasteiger partial charge is 0.484 e. The van der Waals surface area contributed by atoms with E-state index in [2.05, 4.69) is 22.4 Å². The monoisotopic (exact) mass is 294 g/mol. The number of hydrogen-bond acceptors (Lipinski definition) is 4. The normalized spacial score (nSPS) is 10.8. The molecule has 0 aliphatic carbocycles. The molecule has 20 heavy (non-hydrogen) atoms. The molecule has 0 aliphatic heterocycles. The highest BCUT2D eigenvalue weighted by Gasteiger charge is 2.08. The fourth-order valence-electron chi connectivity index (χ4n) is 1.76. The molecule has 0 aliphatic rings. The summed E-state index contributed by atoms with van der Waals surface area (Å²) in [6.07, 6.45) is 0. The van der Waals surface area contributed by atoms with E-state index in [0.29, 0.717) is 17.4 Å². The third-order valence-corrected chi connectivity index (χ3v) is 3.41. The fourth-order valence-corrected chi connectivity index (χ4v) is 2.02. The predicted octanol–water partition coefficient (Wildman–Crippen LogP) is 2.47. The van der Waals surface area contributed by atoms with Crippen LogP contribution in [0.5, 0.6) is 5.75 Å². The summed E-state index contributed by atoms with van der Waals surface area (Å²) < 4.78 is 7.60. The van der Waals surface area contributed by atoms with Crippen molar-refractivity contribution in [2.75, 3.05) is 6.54 Å². The number of nitrogens with one attached hydrogen (secondary N) is 1. The van der Waals surface area contributed by atoms with Crippen molar-refractivity contribution in [1.29, 1.82) is 0 Å².